The summed E-state index contributed by atoms with van der Waals surface area (Å²) in [4.78, 5) is 3.38. The van der Waals surface area contributed by atoms with Crippen LogP contribution in [0, 0.1) is 6.92 Å². The van der Waals surface area contributed by atoms with Gasteiger partial charge in [-0.2, -0.15) is 0 Å². The summed E-state index contributed by atoms with van der Waals surface area (Å²) in [6.07, 6.45) is 6.44. The first-order valence-corrected chi connectivity index (χ1v) is 9.20. The molecule has 0 radical (unpaired) electrons. The predicted octanol–water partition coefficient (Wildman–Crippen LogP) is 4.79. The fourth-order valence-corrected chi connectivity index (χ4v) is 4.12. The lowest BCUT2D eigenvalue weighted by molar-refractivity contribution is -0.0370. The second-order valence-corrected chi connectivity index (χ2v) is 7.26. The minimum atomic E-state index is -0.430. The van der Waals surface area contributed by atoms with Crippen molar-refractivity contribution in [1.82, 2.24) is 4.98 Å². The van der Waals surface area contributed by atoms with Gasteiger partial charge in [0.2, 0.25) is 0 Å². The third-order valence-electron chi connectivity index (χ3n) is 5.67. The van der Waals surface area contributed by atoms with Crippen molar-refractivity contribution in [3.8, 4) is 0 Å². The van der Waals surface area contributed by atoms with E-state index in [2.05, 4.69) is 66.6 Å². The number of para-hydroxylation sites is 1. The third kappa shape index (κ3) is 2.99. The zero-order valence-electron chi connectivity index (χ0n) is 14.8. The quantitative estimate of drug-likeness (QED) is 0.721. The smallest absolute Gasteiger partial charge is 0.0801 e. The molecule has 1 heterocycles. The van der Waals surface area contributed by atoms with E-state index in [1.54, 1.807) is 0 Å². The Morgan fingerprint density at radius 1 is 1.12 bits per heavy atom. The highest BCUT2D eigenvalue weighted by Gasteiger charge is 2.41. The molecule has 0 aliphatic heterocycles. The molecule has 130 valence electrons. The number of fused-ring (bicyclic) bond motifs is 1. The SMILES string of the molecule is Cc1ccccc1COC1CCCCC1(N)c1c[nH]c2ccccc12. The van der Waals surface area contributed by atoms with Gasteiger partial charge in [-0.25, -0.2) is 0 Å². The van der Waals surface area contributed by atoms with Gasteiger partial charge in [-0.1, -0.05) is 55.3 Å². The summed E-state index contributed by atoms with van der Waals surface area (Å²) in [6, 6.07) is 16.8. The van der Waals surface area contributed by atoms with Crippen LogP contribution in [-0.4, -0.2) is 11.1 Å². The van der Waals surface area contributed by atoms with E-state index in [-0.39, 0.29) is 6.10 Å². The molecular weight excluding hydrogens is 308 g/mol. The van der Waals surface area contributed by atoms with Crippen molar-refractivity contribution < 1.29 is 4.74 Å². The number of nitrogens with one attached hydrogen (secondary N) is 1. The molecule has 1 saturated carbocycles. The van der Waals surface area contributed by atoms with Crippen molar-refractivity contribution in [2.75, 3.05) is 0 Å². The van der Waals surface area contributed by atoms with Crippen LogP contribution in [0.15, 0.2) is 54.7 Å². The van der Waals surface area contributed by atoms with E-state index in [1.807, 2.05) is 0 Å². The lowest BCUT2D eigenvalue weighted by atomic mass is 9.75. The fourth-order valence-electron chi connectivity index (χ4n) is 4.12. The first kappa shape index (κ1) is 16.4. The van der Waals surface area contributed by atoms with Gasteiger partial charge in [0.15, 0.2) is 0 Å². The molecule has 0 saturated heterocycles. The molecule has 25 heavy (non-hydrogen) atoms. The summed E-state index contributed by atoms with van der Waals surface area (Å²) in [5.74, 6) is 0. The minimum absolute atomic E-state index is 0.0417. The Balaban J connectivity index is 1.63. The van der Waals surface area contributed by atoms with Gasteiger partial charge in [0.1, 0.15) is 0 Å². The predicted molar refractivity (Wildman–Crippen MR) is 102 cm³/mol. The molecule has 3 nitrogen and oxygen atoms in total. The number of ether oxygens (including phenoxy) is 1. The summed E-state index contributed by atoms with van der Waals surface area (Å²) >= 11 is 0. The van der Waals surface area contributed by atoms with Crippen molar-refractivity contribution >= 4 is 10.9 Å². The van der Waals surface area contributed by atoms with Crippen LogP contribution in [0.2, 0.25) is 0 Å². The molecule has 0 bridgehead atoms. The molecular formula is C22H26N2O. The van der Waals surface area contributed by atoms with Crippen LogP contribution < -0.4 is 5.73 Å². The number of benzene rings is 2. The van der Waals surface area contributed by atoms with Gasteiger partial charge in [0.25, 0.3) is 0 Å². The topological polar surface area (TPSA) is 51.0 Å². The number of hydrogen-bond acceptors (Lipinski definition) is 2. The third-order valence-corrected chi connectivity index (χ3v) is 5.67. The van der Waals surface area contributed by atoms with Gasteiger partial charge in [-0.3, -0.25) is 0 Å². The van der Waals surface area contributed by atoms with Crippen LogP contribution in [0.5, 0.6) is 0 Å². The Labute approximate surface area is 149 Å². The molecule has 0 spiro atoms. The van der Waals surface area contributed by atoms with E-state index < -0.39 is 5.54 Å². The lowest BCUT2D eigenvalue weighted by Crippen LogP contribution is -2.51. The minimum Gasteiger partial charge on any atom is -0.371 e. The van der Waals surface area contributed by atoms with Gasteiger partial charge in [0, 0.05) is 17.1 Å². The van der Waals surface area contributed by atoms with Crippen molar-refractivity contribution in [2.24, 2.45) is 5.73 Å². The fraction of sp³-hybridized carbons (Fsp3) is 0.364. The number of aryl methyl sites for hydroxylation is 1. The Hall–Kier alpha value is -2.10. The second-order valence-electron chi connectivity index (χ2n) is 7.26. The van der Waals surface area contributed by atoms with Gasteiger partial charge < -0.3 is 15.5 Å². The molecule has 1 aliphatic rings. The molecule has 1 aliphatic carbocycles. The monoisotopic (exact) mass is 334 g/mol. The Bertz CT molecular complexity index is 869. The summed E-state index contributed by atoms with van der Waals surface area (Å²) in [6.45, 7) is 2.76. The summed E-state index contributed by atoms with van der Waals surface area (Å²) in [5, 5.41) is 1.22. The molecule has 4 rings (SSSR count). The molecule has 3 heteroatoms. The maximum atomic E-state index is 6.99. The van der Waals surface area contributed by atoms with E-state index in [9.17, 15) is 0 Å². The standard InChI is InChI=1S/C22H26N2O/c1-16-8-2-3-9-17(16)15-25-21-12-6-7-13-22(21,23)19-14-24-20-11-5-4-10-18(19)20/h2-5,8-11,14,21,24H,6-7,12-13,15,23H2,1H3. The van der Waals surface area contributed by atoms with Gasteiger partial charge >= 0.3 is 0 Å². The summed E-state index contributed by atoms with van der Waals surface area (Å²) < 4.78 is 6.40. The van der Waals surface area contributed by atoms with Crippen LogP contribution in [-0.2, 0) is 16.9 Å². The average Bonchev–Trinajstić information content (AvgIpc) is 3.07. The van der Waals surface area contributed by atoms with Crippen molar-refractivity contribution in [1.29, 1.82) is 0 Å². The highest BCUT2D eigenvalue weighted by molar-refractivity contribution is 5.84. The van der Waals surface area contributed by atoms with Crippen LogP contribution in [0.1, 0.15) is 42.4 Å². The zero-order valence-corrected chi connectivity index (χ0v) is 14.8. The van der Waals surface area contributed by atoms with Crippen LogP contribution in [0.3, 0.4) is 0 Å². The molecule has 2 atom stereocenters. The van der Waals surface area contributed by atoms with E-state index >= 15 is 0 Å². The lowest BCUT2D eigenvalue weighted by Gasteiger charge is -2.41. The average molecular weight is 334 g/mol. The summed E-state index contributed by atoms with van der Waals surface area (Å²) in [7, 11) is 0. The van der Waals surface area contributed by atoms with E-state index in [0.717, 1.165) is 24.8 Å². The molecule has 0 amide bonds. The Morgan fingerprint density at radius 3 is 2.80 bits per heavy atom. The van der Waals surface area contributed by atoms with E-state index in [1.165, 1.54) is 28.5 Å². The van der Waals surface area contributed by atoms with Gasteiger partial charge in [-0.05, 0) is 42.5 Å². The highest BCUT2D eigenvalue weighted by atomic mass is 16.5. The number of rotatable bonds is 4. The van der Waals surface area contributed by atoms with Crippen LogP contribution >= 0.6 is 0 Å². The molecule has 1 aromatic heterocycles. The molecule has 2 unspecified atom stereocenters. The normalized spacial score (nSPS) is 23.8. The van der Waals surface area contributed by atoms with Crippen LogP contribution in [0.25, 0.3) is 10.9 Å². The number of aromatic nitrogens is 1. The first-order chi connectivity index (χ1) is 12.2. The number of nitrogens with two attached hydrogens (primary N) is 1. The highest BCUT2D eigenvalue weighted by Crippen LogP contribution is 2.40. The van der Waals surface area contributed by atoms with E-state index in [0.29, 0.717) is 6.61 Å². The maximum absolute atomic E-state index is 6.99. The molecule has 2 aromatic carbocycles. The molecule has 3 N–H and O–H groups in total. The summed E-state index contributed by atoms with van der Waals surface area (Å²) in [5.41, 5.74) is 11.4. The van der Waals surface area contributed by atoms with Gasteiger partial charge in [-0.15, -0.1) is 0 Å². The van der Waals surface area contributed by atoms with Crippen LogP contribution in [0.4, 0.5) is 0 Å². The second kappa shape index (κ2) is 6.66. The van der Waals surface area contributed by atoms with E-state index in [4.69, 9.17) is 10.5 Å². The number of aromatic amines is 1. The van der Waals surface area contributed by atoms with Crippen molar-refractivity contribution in [3.63, 3.8) is 0 Å². The Morgan fingerprint density at radius 2 is 1.92 bits per heavy atom. The van der Waals surface area contributed by atoms with Gasteiger partial charge in [0.05, 0.1) is 18.2 Å². The number of hydrogen-bond donors (Lipinski definition) is 2. The largest absolute Gasteiger partial charge is 0.371 e. The van der Waals surface area contributed by atoms with Crippen molar-refractivity contribution in [3.05, 3.63) is 71.4 Å². The maximum Gasteiger partial charge on any atom is 0.0801 e. The first-order valence-electron chi connectivity index (χ1n) is 9.20. The zero-order chi connectivity index (χ0) is 17.3. The molecule has 3 aromatic rings. The number of H-pyrrole nitrogens is 1. The van der Waals surface area contributed by atoms with Crippen molar-refractivity contribution in [2.45, 2.75) is 50.9 Å². The Kier molecular flexibility index (Phi) is 4.36. The molecule has 1 fully saturated rings.